The summed E-state index contributed by atoms with van der Waals surface area (Å²) in [5.74, 6) is 1.73. The van der Waals surface area contributed by atoms with E-state index in [1.165, 1.54) is 21.9 Å². The highest BCUT2D eigenvalue weighted by Gasteiger charge is 2.21. The van der Waals surface area contributed by atoms with E-state index in [9.17, 15) is 0 Å². The van der Waals surface area contributed by atoms with Crippen molar-refractivity contribution in [1.29, 1.82) is 0 Å². The average molecular weight is 883 g/mol. The highest BCUT2D eigenvalue weighted by molar-refractivity contribution is 6.14. The first-order chi connectivity index (χ1) is 34.2. The topological polar surface area (TPSA) is 69.9 Å². The van der Waals surface area contributed by atoms with Gasteiger partial charge in [-0.25, -0.2) is 15.0 Å². The van der Waals surface area contributed by atoms with Crippen LogP contribution >= 0.6 is 0 Å². The van der Waals surface area contributed by atoms with Gasteiger partial charge in [0.15, 0.2) is 23.1 Å². The second-order valence-electron chi connectivity index (χ2n) is 17.5. The zero-order chi connectivity index (χ0) is 45.4. The molecule has 10 aromatic carbocycles. The molecule has 0 saturated heterocycles. The van der Waals surface area contributed by atoms with E-state index in [1.54, 1.807) is 0 Å². The summed E-state index contributed by atoms with van der Waals surface area (Å²) in [5.41, 5.74) is 15.9. The first-order valence-corrected chi connectivity index (χ1v) is 23.2. The van der Waals surface area contributed by atoms with Crippen molar-refractivity contribution in [1.82, 2.24) is 19.5 Å². The lowest BCUT2D eigenvalue weighted by Crippen LogP contribution is -2.00. The van der Waals surface area contributed by atoms with Crippen molar-refractivity contribution in [2.75, 3.05) is 0 Å². The van der Waals surface area contributed by atoms with Crippen molar-refractivity contribution in [3.8, 4) is 73.2 Å². The van der Waals surface area contributed by atoms with Gasteiger partial charge in [-0.1, -0.05) is 176 Å². The van der Waals surface area contributed by atoms with Gasteiger partial charge in [-0.05, 0) is 88.0 Å². The molecule has 0 atom stereocenters. The Morgan fingerprint density at radius 1 is 0.275 bits per heavy atom. The molecule has 0 amide bonds. The predicted octanol–water partition coefficient (Wildman–Crippen LogP) is 16.8. The van der Waals surface area contributed by atoms with Crippen LogP contribution in [0.5, 0.6) is 0 Å². The molecule has 0 aliphatic rings. The molecule has 0 aliphatic heterocycles. The third-order valence-electron chi connectivity index (χ3n) is 13.5. The molecule has 0 bridgehead atoms. The highest BCUT2D eigenvalue weighted by Crippen LogP contribution is 2.42. The Balaban J connectivity index is 0.857. The zero-order valence-electron chi connectivity index (χ0n) is 37.0. The monoisotopic (exact) mass is 882 g/mol. The van der Waals surface area contributed by atoms with Crippen molar-refractivity contribution in [3.05, 3.63) is 231 Å². The van der Waals surface area contributed by atoms with E-state index in [-0.39, 0.29) is 0 Å². The van der Waals surface area contributed by atoms with Gasteiger partial charge in [0.1, 0.15) is 16.7 Å². The van der Waals surface area contributed by atoms with Crippen molar-refractivity contribution < 1.29 is 8.83 Å². The smallest absolute Gasteiger partial charge is 0.167 e. The molecule has 4 aromatic heterocycles. The van der Waals surface area contributed by atoms with Gasteiger partial charge in [-0.15, -0.1) is 0 Å². The van der Waals surface area contributed by atoms with Crippen LogP contribution in [0.25, 0.3) is 139 Å². The van der Waals surface area contributed by atoms with Crippen LogP contribution in [0.15, 0.2) is 239 Å². The van der Waals surface area contributed by atoms with Crippen molar-refractivity contribution in [2.45, 2.75) is 0 Å². The lowest BCUT2D eigenvalue weighted by molar-refractivity contribution is 0.666. The number of hydrogen-bond donors (Lipinski definition) is 0. The standard InChI is InChI=1S/C63H38N4O2/c1-4-14-39(15-5-1)41-26-28-43(29-27-41)62-64-61(42-18-8-3-9-19-42)65-63(66-62)51-23-12-21-50-53-37-45(32-35-57(53)68-59(50)51)46-30-33-48-49-22-13-25-56(60(49)69-58(48)38-46)67-54-24-11-10-20-47(54)52-36-44(31-34-55(52)67)40-16-6-2-7-17-40/h1-38H. The minimum absolute atomic E-state index is 0.545. The fourth-order valence-corrected chi connectivity index (χ4v) is 10.1. The molecule has 0 saturated carbocycles. The van der Waals surface area contributed by atoms with Gasteiger partial charge in [-0.2, -0.15) is 0 Å². The number of aromatic nitrogens is 4. The molecule has 0 fully saturated rings. The number of hydrogen-bond acceptors (Lipinski definition) is 5. The van der Waals surface area contributed by atoms with Gasteiger partial charge >= 0.3 is 0 Å². The fourth-order valence-electron chi connectivity index (χ4n) is 10.1. The molecule has 0 N–H and O–H groups in total. The van der Waals surface area contributed by atoms with Gasteiger partial charge in [0.25, 0.3) is 0 Å². The Morgan fingerprint density at radius 3 is 1.54 bits per heavy atom. The Morgan fingerprint density at radius 2 is 0.768 bits per heavy atom. The molecular weight excluding hydrogens is 845 g/mol. The second-order valence-corrected chi connectivity index (χ2v) is 17.5. The van der Waals surface area contributed by atoms with Gasteiger partial charge in [0, 0.05) is 43.4 Å². The van der Waals surface area contributed by atoms with E-state index < -0.39 is 0 Å². The first-order valence-electron chi connectivity index (χ1n) is 23.2. The summed E-state index contributed by atoms with van der Waals surface area (Å²) < 4.78 is 16.0. The zero-order valence-corrected chi connectivity index (χ0v) is 37.0. The average Bonchev–Trinajstić information content (AvgIpc) is 4.10. The fraction of sp³-hybridized carbons (Fsp3) is 0. The molecule has 4 heterocycles. The molecule has 14 aromatic rings. The largest absolute Gasteiger partial charge is 0.455 e. The predicted molar refractivity (Wildman–Crippen MR) is 281 cm³/mol. The summed E-state index contributed by atoms with van der Waals surface area (Å²) in [4.78, 5) is 15.2. The van der Waals surface area contributed by atoms with E-state index >= 15 is 0 Å². The molecular formula is C63H38N4O2. The summed E-state index contributed by atoms with van der Waals surface area (Å²) in [6.45, 7) is 0. The molecule has 0 radical (unpaired) electrons. The SMILES string of the molecule is c1ccc(-c2ccc(-c3nc(-c4ccccc4)nc(-c4cccc5c4oc4ccc(-c6ccc7c(c6)oc6c(-n8c9ccccc9c9cc(-c%10ccccc%10)ccc98)cccc67)cc45)n3)cc2)cc1. The molecule has 0 unspecified atom stereocenters. The van der Waals surface area contributed by atoms with E-state index in [0.717, 1.165) is 99.5 Å². The minimum Gasteiger partial charge on any atom is -0.455 e. The number of rotatable bonds is 7. The summed E-state index contributed by atoms with van der Waals surface area (Å²) in [5, 5.41) is 6.54. The Kier molecular flexibility index (Phi) is 8.79. The van der Waals surface area contributed by atoms with Gasteiger partial charge < -0.3 is 13.4 Å². The maximum Gasteiger partial charge on any atom is 0.167 e. The van der Waals surface area contributed by atoms with Crippen LogP contribution in [0.2, 0.25) is 0 Å². The summed E-state index contributed by atoms with van der Waals surface area (Å²) in [6.07, 6.45) is 0. The van der Waals surface area contributed by atoms with E-state index in [1.807, 2.05) is 42.5 Å². The molecule has 322 valence electrons. The lowest BCUT2D eigenvalue weighted by atomic mass is 10.0. The van der Waals surface area contributed by atoms with Crippen molar-refractivity contribution in [3.63, 3.8) is 0 Å². The van der Waals surface area contributed by atoms with Crippen LogP contribution in [-0.4, -0.2) is 19.5 Å². The van der Waals surface area contributed by atoms with E-state index in [2.05, 4.69) is 193 Å². The Labute approximate surface area is 396 Å². The number of nitrogens with zero attached hydrogens (tertiary/aromatic N) is 4. The summed E-state index contributed by atoms with van der Waals surface area (Å²) in [7, 11) is 0. The molecule has 69 heavy (non-hydrogen) atoms. The van der Waals surface area contributed by atoms with Crippen LogP contribution in [0.4, 0.5) is 0 Å². The van der Waals surface area contributed by atoms with E-state index in [4.69, 9.17) is 23.8 Å². The van der Waals surface area contributed by atoms with Crippen LogP contribution < -0.4 is 0 Å². The lowest BCUT2D eigenvalue weighted by Gasteiger charge is -2.09. The molecule has 0 spiro atoms. The summed E-state index contributed by atoms with van der Waals surface area (Å²) >= 11 is 0. The molecule has 14 rings (SSSR count). The Hall–Kier alpha value is -9.39. The van der Waals surface area contributed by atoms with Crippen LogP contribution in [-0.2, 0) is 0 Å². The van der Waals surface area contributed by atoms with E-state index in [0.29, 0.717) is 17.5 Å². The number of benzene rings is 10. The van der Waals surface area contributed by atoms with Crippen LogP contribution in [0.1, 0.15) is 0 Å². The van der Waals surface area contributed by atoms with Gasteiger partial charge in [0.05, 0.1) is 22.3 Å². The maximum absolute atomic E-state index is 6.92. The van der Waals surface area contributed by atoms with Crippen LogP contribution in [0.3, 0.4) is 0 Å². The van der Waals surface area contributed by atoms with Crippen molar-refractivity contribution >= 4 is 65.7 Å². The third-order valence-corrected chi connectivity index (χ3v) is 13.5. The number of furan rings is 2. The summed E-state index contributed by atoms with van der Waals surface area (Å²) in [6, 6.07) is 80.4. The minimum atomic E-state index is 0.545. The van der Waals surface area contributed by atoms with Crippen LogP contribution in [0, 0.1) is 0 Å². The molecule has 0 aliphatic carbocycles. The number of para-hydroxylation sites is 3. The molecule has 6 heteroatoms. The third kappa shape index (κ3) is 6.45. The second kappa shape index (κ2) is 15.6. The Bertz CT molecular complexity index is 4290. The highest BCUT2D eigenvalue weighted by atomic mass is 16.3. The quantitative estimate of drug-likeness (QED) is 0.159. The van der Waals surface area contributed by atoms with Gasteiger partial charge in [-0.3, -0.25) is 0 Å². The number of fused-ring (bicyclic) bond motifs is 9. The molecule has 6 nitrogen and oxygen atoms in total. The maximum atomic E-state index is 6.92. The van der Waals surface area contributed by atoms with Crippen molar-refractivity contribution in [2.24, 2.45) is 0 Å². The van der Waals surface area contributed by atoms with Gasteiger partial charge in [0.2, 0.25) is 0 Å². The first kappa shape index (κ1) is 38.8. The normalized spacial score (nSPS) is 11.8.